The van der Waals surface area contributed by atoms with Gasteiger partial charge in [0.15, 0.2) is 5.65 Å². The SMILES string of the molecule is CC(C)(C)c1ccc(-c2ccc3nc(N)nn3c2)cc1. The van der Waals surface area contributed by atoms with Crippen LogP contribution in [0, 0.1) is 0 Å². The standard InChI is InChI=1S/C16H18N4/c1-16(2,3)13-7-4-11(5-8-13)12-6-9-14-18-15(17)19-20(14)10-12/h4-10H,1-3H3,(H2,17,19). The molecule has 0 aliphatic heterocycles. The molecule has 0 aliphatic rings. The molecule has 0 atom stereocenters. The normalized spacial score (nSPS) is 11.9. The lowest BCUT2D eigenvalue weighted by Gasteiger charge is -2.19. The van der Waals surface area contributed by atoms with Gasteiger partial charge in [-0.05, 0) is 28.7 Å². The van der Waals surface area contributed by atoms with Crippen LogP contribution in [0.1, 0.15) is 26.3 Å². The largest absolute Gasteiger partial charge is 0.366 e. The molecule has 102 valence electrons. The van der Waals surface area contributed by atoms with Crippen molar-refractivity contribution in [2.24, 2.45) is 0 Å². The third-order valence-corrected chi connectivity index (χ3v) is 3.43. The van der Waals surface area contributed by atoms with Crippen molar-refractivity contribution in [2.75, 3.05) is 5.73 Å². The summed E-state index contributed by atoms with van der Waals surface area (Å²) in [7, 11) is 0. The Bertz CT molecular complexity index is 748. The van der Waals surface area contributed by atoms with E-state index in [-0.39, 0.29) is 5.41 Å². The Morgan fingerprint density at radius 2 is 1.60 bits per heavy atom. The zero-order chi connectivity index (χ0) is 14.3. The van der Waals surface area contributed by atoms with Gasteiger partial charge in [0.25, 0.3) is 0 Å². The predicted octanol–water partition coefficient (Wildman–Crippen LogP) is 3.28. The van der Waals surface area contributed by atoms with Crippen molar-refractivity contribution in [1.82, 2.24) is 14.6 Å². The third kappa shape index (κ3) is 2.25. The molecular formula is C16H18N4. The highest BCUT2D eigenvalue weighted by Gasteiger charge is 2.13. The topological polar surface area (TPSA) is 56.2 Å². The second-order valence-electron chi connectivity index (χ2n) is 6.02. The predicted molar refractivity (Wildman–Crippen MR) is 81.5 cm³/mol. The summed E-state index contributed by atoms with van der Waals surface area (Å²) in [5.74, 6) is 0.297. The van der Waals surface area contributed by atoms with Gasteiger partial charge in [0.2, 0.25) is 5.95 Å². The van der Waals surface area contributed by atoms with Crippen molar-refractivity contribution in [3.05, 3.63) is 48.2 Å². The number of nitrogens with two attached hydrogens (primary N) is 1. The number of pyridine rings is 1. The molecule has 1 aromatic carbocycles. The first-order chi connectivity index (χ1) is 9.43. The zero-order valence-electron chi connectivity index (χ0n) is 12.0. The Morgan fingerprint density at radius 1 is 0.950 bits per heavy atom. The van der Waals surface area contributed by atoms with Crippen LogP contribution in [-0.2, 0) is 5.41 Å². The van der Waals surface area contributed by atoms with Crippen LogP contribution in [0.4, 0.5) is 5.95 Å². The van der Waals surface area contributed by atoms with Gasteiger partial charge >= 0.3 is 0 Å². The van der Waals surface area contributed by atoms with Crippen molar-refractivity contribution in [2.45, 2.75) is 26.2 Å². The Balaban J connectivity index is 2.02. The number of hydrogen-bond acceptors (Lipinski definition) is 3. The number of rotatable bonds is 1. The lowest BCUT2D eigenvalue weighted by atomic mass is 9.86. The minimum absolute atomic E-state index is 0.169. The third-order valence-electron chi connectivity index (χ3n) is 3.43. The van der Waals surface area contributed by atoms with E-state index in [0.29, 0.717) is 5.95 Å². The van der Waals surface area contributed by atoms with Crippen molar-refractivity contribution in [3.8, 4) is 11.1 Å². The van der Waals surface area contributed by atoms with Crippen molar-refractivity contribution in [1.29, 1.82) is 0 Å². The summed E-state index contributed by atoms with van der Waals surface area (Å²) in [5, 5.41) is 4.14. The van der Waals surface area contributed by atoms with Crippen LogP contribution in [0.25, 0.3) is 16.8 Å². The molecular weight excluding hydrogens is 248 g/mol. The summed E-state index contributed by atoms with van der Waals surface area (Å²) in [4.78, 5) is 4.12. The fourth-order valence-corrected chi connectivity index (χ4v) is 2.23. The summed E-state index contributed by atoms with van der Waals surface area (Å²) in [5.41, 5.74) is 10.1. The van der Waals surface area contributed by atoms with Crippen molar-refractivity contribution < 1.29 is 0 Å². The van der Waals surface area contributed by atoms with E-state index < -0.39 is 0 Å². The van der Waals surface area contributed by atoms with Gasteiger partial charge in [-0.3, -0.25) is 0 Å². The highest BCUT2D eigenvalue weighted by Crippen LogP contribution is 2.26. The molecule has 20 heavy (non-hydrogen) atoms. The highest BCUT2D eigenvalue weighted by molar-refractivity contribution is 5.65. The lowest BCUT2D eigenvalue weighted by molar-refractivity contribution is 0.590. The Hall–Kier alpha value is -2.36. The summed E-state index contributed by atoms with van der Waals surface area (Å²) >= 11 is 0. The molecule has 0 bridgehead atoms. The molecule has 3 rings (SSSR count). The average molecular weight is 266 g/mol. The van der Waals surface area contributed by atoms with Gasteiger partial charge in [-0.15, -0.1) is 5.10 Å². The lowest BCUT2D eigenvalue weighted by Crippen LogP contribution is -2.10. The van der Waals surface area contributed by atoms with Crippen LogP contribution in [-0.4, -0.2) is 14.6 Å². The molecule has 0 fully saturated rings. The maximum Gasteiger partial charge on any atom is 0.240 e. The summed E-state index contributed by atoms with van der Waals surface area (Å²) < 4.78 is 1.71. The van der Waals surface area contributed by atoms with Crippen molar-refractivity contribution in [3.63, 3.8) is 0 Å². The molecule has 0 unspecified atom stereocenters. The van der Waals surface area contributed by atoms with E-state index in [1.807, 2.05) is 18.3 Å². The molecule has 4 nitrogen and oxygen atoms in total. The molecule has 4 heteroatoms. The molecule has 0 aliphatic carbocycles. The first kappa shape index (κ1) is 12.7. The Kier molecular flexibility index (Phi) is 2.74. The van der Waals surface area contributed by atoms with E-state index in [9.17, 15) is 0 Å². The number of nitrogen functional groups attached to an aromatic ring is 1. The highest BCUT2D eigenvalue weighted by atomic mass is 15.3. The second-order valence-corrected chi connectivity index (χ2v) is 6.02. The number of anilines is 1. The van der Waals surface area contributed by atoms with Crippen LogP contribution in [0.2, 0.25) is 0 Å². The zero-order valence-corrected chi connectivity index (χ0v) is 12.0. The van der Waals surface area contributed by atoms with Crippen molar-refractivity contribution >= 4 is 11.6 Å². The molecule has 3 aromatic rings. The van der Waals surface area contributed by atoms with Crippen LogP contribution < -0.4 is 5.73 Å². The number of nitrogens with zero attached hydrogens (tertiary/aromatic N) is 3. The van der Waals surface area contributed by atoms with Gasteiger partial charge < -0.3 is 5.73 Å². The fraction of sp³-hybridized carbons (Fsp3) is 0.250. The summed E-state index contributed by atoms with van der Waals surface area (Å²) in [6.45, 7) is 6.64. The second kappa shape index (κ2) is 4.34. The molecule has 0 saturated heterocycles. The molecule has 0 amide bonds. The molecule has 2 N–H and O–H groups in total. The van der Waals surface area contributed by atoms with Gasteiger partial charge in [-0.1, -0.05) is 45.0 Å². The van der Waals surface area contributed by atoms with Crippen LogP contribution in [0.3, 0.4) is 0 Å². The number of hydrogen-bond donors (Lipinski definition) is 1. The van der Waals surface area contributed by atoms with Gasteiger partial charge in [0, 0.05) is 11.8 Å². The van der Waals surface area contributed by atoms with Crippen LogP contribution in [0.15, 0.2) is 42.6 Å². The maximum absolute atomic E-state index is 5.60. The molecule has 0 saturated carbocycles. The first-order valence-electron chi connectivity index (χ1n) is 6.66. The van der Waals surface area contributed by atoms with Crippen LogP contribution >= 0.6 is 0 Å². The fourth-order valence-electron chi connectivity index (χ4n) is 2.23. The maximum atomic E-state index is 5.60. The van der Waals surface area contributed by atoms with Crippen LogP contribution in [0.5, 0.6) is 0 Å². The van der Waals surface area contributed by atoms with E-state index in [1.165, 1.54) is 5.56 Å². The Morgan fingerprint density at radius 3 is 2.25 bits per heavy atom. The van der Waals surface area contributed by atoms with Gasteiger partial charge in [-0.2, -0.15) is 4.98 Å². The van der Waals surface area contributed by atoms with E-state index in [1.54, 1.807) is 4.52 Å². The quantitative estimate of drug-likeness (QED) is 0.735. The summed E-state index contributed by atoms with van der Waals surface area (Å²) in [6, 6.07) is 12.6. The van der Waals surface area contributed by atoms with Gasteiger partial charge in [0.1, 0.15) is 0 Å². The summed E-state index contributed by atoms with van der Waals surface area (Å²) in [6.07, 6.45) is 1.95. The van der Waals surface area contributed by atoms with E-state index in [0.717, 1.165) is 16.8 Å². The van der Waals surface area contributed by atoms with Gasteiger partial charge in [0.05, 0.1) is 0 Å². The molecule has 2 heterocycles. The molecule has 0 spiro atoms. The molecule has 2 aromatic heterocycles. The monoisotopic (exact) mass is 266 g/mol. The average Bonchev–Trinajstić information content (AvgIpc) is 2.77. The minimum Gasteiger partial charge on any atom is -0.366 e. The smallest absolute Gasteiger partial charge is 0.240 e. The van der Waals surface area contributed by atoms with E-state index in [2.05, 4.69) is 55.1 Å². The van der Waals surface area contributed by atoms with E-state index >= 15 is 0 Å². The number of fused-ring (bicyclic) bond motifs is 1. The van der Waals surface area contributed by atoms with Gasteiger partial charge in [-0.25, -0.2) is 4.52 Å². The number of benzene rings is 1. The molecule has 0 radical (unpaired) electrons. The first-order valence-corrected chi connectivity index (χ1v) is 6.66. The number of aromatic nitrogens is 3. The minimum atomic E-state index is 0.169. The Labute approximate surface area is 118 Å². The van der Waals surface area contributed by atoms with E-state index in [4.69, 9.17) is 5.73 Å².